The first-order valence-corrected chi connectivity index (χ1v) is 15.1. The first kappa shape index (κ1) is 28.8. The summed E-state index contributed by atoms with van der Waals surface area (Å²) in [4.78, 5) is 32.0. The van der Waals surface area contributed by atoms with E-state index in [-0.39, 0.29) is 45.6 Å². The second-order valence-corrected chi connectivity index (χ2v) is 12.7. The Labute approximate surface area is 240 Å². The first-order valence-electron chi connectivity index (χ1n) is 11.8. The number of thiazole rings is 1. The van der Waals surface area contributed by atoms with Gasteiger partial charge in [0.25, 0.3) is 11.8 Å². The molecule has 0 fully saturated rings. The van der Waals surface area contributed by atoms with Crippen molar-refractivity contribution in [2.75, 3.05) is 17.6 Å². The second-order valence-electron chi connectivity index (χ2n) is 8.49. The van der Waals surface area contributed by atoms with Crippen LogP contribution in [0.2, 0.25) is 0 Å². The number of hydrogen-bond acceptors (Lipinski definition) is 8. The van der Waals surface area contributed by atoms with Gasteiger partial charge in [-0.05, 0) is 61.2 Å². The molecule has 1 aliphatic rings. The zero-order valence-electron chi connectivity index (χ0n) is 20.5. The number of carbonyl (C=O) groups excluding carboxylic acids is 2. The molecule has 0 saturated heterocycles. The smallest absolute Gasteiger partial charge is 0.257 e. The Kier molecular flexibility index (Phi) is 9.08. The lowest BCUT2D eigenvalue weighted by Crippen LogP contribution is -2.22. The van der Waals surface area contributed by atoms with Crippen LogP contribution in [0, 0.1) is 0 Å². The highest BCUT2D eigenvalue weighted by Crippen LogP contribution is 2.34. The molecule has 39 heavy (non-hydrogen) atoms. The van der Waals surface area contributed by atoms with Crippen molar-refractivity contribution < 1.29 is 18.0 Å². The van der Waals surface area contributed by atoms with Gasteiger partial charge < -0.3 is 16.4 Å². The van der Waals surface area contributed by atoms with Gasteiger partial charge in [0.15, 0.2) is 0 Å². The fraction of sp³-hybridized carbons (Fsp3) is 0.148. The normalized spacial score (nSPS) is 13.3. The van der Waals surface area contributed by atoms with Gasteiger partial charge in [0, 0.05) is 27.1 Å². The predicted octanol–water partition coefficient (Wildman–Crippen LogP) is 5.00. The standard InChI is InChI=1S/C27H24N4O4S3.ClH/c28-12-3-13-36-19-9-6-17(7-10-19)27-30-16-20(37-27)15-29-25(32)18-8-11-24-22(14-18)31-26(33)21-4-1-2-5-23(21)38(24,34)35;/h1-2,4-11,14,16H,3,12-13,15,28H2,(H,29,32)(H,31,33);1H. The number of nitrogens with one attached hydrogen (secondary N) is 2. The van der Waals surface area contributed by atoms with Gasteiger partial charge in [-0.15, -0.1) is 35.5 Å². The van der Waals surface area contributed by atoms with E-state index in [0.717, 1.165) is 27.6 Å². The maximum absolute atomic E-state index is 13.1. The molecule has 12 heteroatoms. The van der Waals surface area contributed by atoms with Crippen molar-refractivity contribution in [3.63, 3.8) is 0 Å². The summed E-state index contributed by atoms with van der Waals surface area (Å²) in [5.74, 6) is 0.0478. The Hall–Kier alpha value is -3.22. The molecular weight excluding hydrogens is 576 g/mol. The highest BCUT2D eigenvalue weighted by Gasteiger charge is 2.31. The molecule has 8 nitrogen and oxygen atoms in total. The van der Waals surface area contributed by atoms with Crippen molar-refractivity contribution in [1.29, 1.82) is 0 Å². The van der Waals surface area contributed by atoms with Crippen molar-refractivity contribution in [3.8, 4) is 10.6 Å². The van der Waals surface area contributed by atoms with Crippen molar-refractivity contribution in [2.24, 2.45) is 5.73 Å². The van der Waals surface area contributed by atoms with Crippen LogP contribution in [0.1, 0.15) is 32.0 Å². The van der Waals surface area contributed by atoms with Crippen LogP contribution in [0.4, 0.5) is 5.69 Å². The molecule has 202 valence electrons. The maximum atomic E-state index is 13.1. The topological polar surface area (TPSA) is 131 Å². The summed E-state index contributed by atoms with van der Waals surface area (Å²) in [5, 5.41) is 6.33. The van der Waals surface area contributed by atoms with Crippen LogP contribution in [0.3, 0.4) is 0 Å². The van der Waals surface area contributed by atoms with E-state index in [9.17, 15) is 18.0 Å². The number of nitrogens with two attached hydrogens (primary N) is 1. The van der Waals surface area contributed by atoms with E-state index >= 15 is 0 Å². The molecule has 0 radical (unpaired) electrons. The Morgan fingerprint density at radius 1 is 1.05 bits per heavy atom. The lowest BCUT2D eigenvalue weighted by atomic mass is 10.1. The van der Waals surface area contributed by atoms with E-state index in [1.54, 1.807) is 30.1 Å². The summed E-state index contributed by atoms with van der Waals surface area (Å²) >= 11 is 3.25. The highest BCUT2D eigenvalue weighted by molar-refractivity contribution is 7.99. The molecule has 0 bridgehead atoms. The van der Waals surface area contributed by atoms with Gasteiger partial charge in [0.2, 0.25) is 9.84 Å². The number of fused-ring (bicyclic) bond motifs is 2. The van der Waals surface area contributed by atoms with E-state index in [1.165, 1.54) is 46.6 Å². The van der Waals surface area contributed by atoms with E-state index in [0.29, 0.717) is 6.54 Å². The Morgan fingerprint density at radius 2 is 1.82 bits per heavy atom. The molecule has 4 aromatic rings. The molecule has 0 aliphatic carbocycles. The van der Waals surface area contributed by atoms with Crippen LogP contribution in [0.25, 0.3) is 10.6 Å². The number of amides is 2. The Balaban J connectivity index is 0.00000353. The molecule has 3 aromatic carbocycles. The number of hydrogen-bond donors (Lipinski definition) is 3. The number of anilines is 1. The van der Waals surface area contributed by atoms with Crippen molar-refractivity contribution >= 4 is 62.8 Å². The van der Waals surface area contributed by atoms with E-state index in [2.05, 4.69) is 27.8 Å². The van der Waals surface area contributed by atoms with Gasteiger partial charge in [-0.1, -0.05) is 24.3 Å². The third-order valence-corrected chi connectivity index (χ3v) is 9.91. The maximum Gasteiger partial charge on any atom is 0.257 e. The third kappa shape index (κ3) is 6.18. The fourth-order valence-corrected chi connectivity index (χ4v) is 7.28. The average Bonchev–Trinajstić information content (AvgIpc) is 3.38. The molecule has 0 unspecified atom stereocenters. The van der Waals surface area contributed by atoms with Crippen LogP contribution in [0.15, 0.2) is 87.6 Å². The van der Waals surface area contributed by atoms with Crippen molar-refractivity contribution in [2.45, 2.75) is 27.7 Å². The minimum Gasteiger partial charge on any atom is -0.347 e. The highest BCUT2D eigenvalue weighted by atomic mass is 35.5. The molecule has 5 rings (SSSR count). The monoisotopic (exact) mass is 600 g/mol. The van der Waals surface area contributed by atoms with Crippen LogP contribution in [0.5, 0.6) is 0 Å². The third-order valence-electron chi connectivity index (χ3n) is 5.90. The summed E-state index contributed by atoms with van der Waals surface area (Å²) < 4.78 is 26.3. The summed E-state index contributed by atoms with van der Waals surface area (Å²) in [7, 11) is -3.93. The number of halogens is 1. The number of rotatable bonds is 8. The molecule has 1 aromatic heterocycles. The fourth-order valence-electron chi connectivity index (χ4n) is 3.96. The van der Waals surface area contributed by atoms with Crippen LogP contribution >= 0.6 is 35.5 Å². The van der Waals surface area contributed by atoms with Crippen molar-refractivity contribution in [1.82, 2.24) is 10.3 Å². The van der Waals surface area contributed by atoms with Gasteiger partial charge in [0.1, 0.15) is 5.01 Å². The van der Waals surface area contributed by atoms with Crippen LogP contribution < -0.4 is 16.4 Å². The van der Waals surface area contributed by atoms with Gasteiger partial charge in [0.05, 0.1) is 27.6 Å². The quantitative estimate of drug-likeness (QED) is 0.191. The molecular formula is C27H25ClN4O4S3. The Morgan fingerprint density at radius 3 is 2.59 bits per heavy atom. The first-order chi connectivity index (χ1) is 18.4. The number of thioether (sulfide) groups is 1. The largest absolute Gasteiger partial charge is 0.347 e. The molecule has 0 atom stereocenters. The minimum absolute atomic E-state index is 0. The molecule has 2 heterocycles. The van der Waals surface area contributed by atoms with Gasteiger partial charge in [-0.25, -0.2) is 13.4 Å². The summed E-state index contributed by atoms with van der Waals surface area (Å²) in [6, 6.07) is 18.4. The lowest BCUT2D eigenvalue weighted by molar-refractivity contribution is 0.0949. The molecule has 0 saturated carbocycles. The number of benzene rings is 3. The van der Waals surface area contributed by atoms with E-state index in [4.69, 9.17) is 5.73 Å². The van der Waals surface area contributed by atoms with Gasteiger partial charge in [-0.3, -0.25) is 9.59 Å². The molecule has 0 spiro atoms. The zero-order chi connectivity index (χ0) is 26.7. The van der Waals surface area contributed by atoms with E-state index in [1.807, 2.05) is 12.1 Å². The zero-order valence-corrected chi connectivity index (χ0v) is 23.8. The van der Waals surface area contributed by atoms with Crippen molar-refractivity contribution in [3.05, 3.63) is 88.9 Å². The molecule has 2 amide bonds. The average molecular weight is 601 g/mol. The van der Waals surface area contributed by atoms with E-state index < -0.39 is 21.7 Å². The SMILES string of the molecule is Cl.NCCCSc1ccc(-c2ncc(CNC(=O)c3ccc4c(c3)NC(=O)c3ccccc3S4(=O)=O)s2)cc1. The second kappa shape index (κ2) is 12.3. The number of carbonyl (C=O) groups is 2. The molecule has 1 aliphatic heterocycles. The molecule has 4 N–H and O–H groups in total. The number of sulfone groups is 1. The summed E-state index contributed by atoms with van der Waals surface area (Å²) in [5.41, 5.74) is 6.92. The van der Waals surface area contributed by atoms with Crippen LogP contribution in [-0.2, 0) is 16.4 Å². The van der Waals surface area contributed by atoms with Crippen LogP contribution in [-0.4, -0.2) is 37.5 Å². The minimum atomic E-state index is -3.93. The van der Waals surface area contributed by atoms with Gasteiger partial charge >= 0.3 is 0 Å². The predicted molar refractivity (Wildman–Crippen MR) is 157 cm³/mol. The summed E-state index contributed by atoms with van der Waals surface area (Å²) in [6.07, 6.45) is 2.70. The summed E-state index contributed by atoms with van der Waals surface area (Å²) in [6.45, 7) is 0.944. The number of nitrogens with zero attached hydrogens (tertiary/aromatic N) is 1. The number of aromatic nitrogens is 1. The lowest BCUT2D eigenvalue weighted by Gasteiger charge is -2.10. The Bertz CT molecular complexity index is 1620. The van der Waals surface area contributed by atoms with Gasteiger partial charge in [-0.2, -0.15) is 0 Å².